The fourth-order valence-corrected chi connectivity index (χ4v) is 4.12. The van der Waals surface area contributed by atoms with Gasteiger partial charge in [-0.25, -0.2) is 4.39 Å². The number of halogens is 1. The highest BCUT2D eigenvalue weighted by atomic mass is 19.1. The lowest BCUT2D eigenvalue weighted by molar-refractivity contribution is -0.132. The Morgan fingerprint density at radius 3 is 2.50 bits per heavy atom. The number of rotatable bonds is 9. The largest absolute Gasteiger partial charge is 0.487 e. The van der Waals surface area contributed by atoms with Gasteiger partial charge in [0.05, 0.1) is 5.69 Å². The van der Waals surface area contributed by atoms with Gasteiger partial charge in [-0.1, -0.05) is 36.4 Å². The Hall–Kier alpha value is -4.00. The van der Waals surface area contributed by atoms with Crippen molar-refractivity contribution in [3.05, 3.63) is 102 Å². The number of amides is 2. The molecule has 0 saturated carbocycles. The number of carbonyl (C=O) groups is 2. The molecule has 0 radical (unpaired) electrons. The van der Waals surface area contributed by atoms with Crippen LogP contribution in [0.5, 0.6) is 5.75 Å². The van der Waals surface area contributed by atoms with Gasteiger partial charge in [-0.3, -0.25) is 14.6 Å². The lowest BCUT2D eigenvalue weighted by Gasteiger charge is -2.30. The molecule has 2 aromatic carbocycles. The maximum Gasteiger partial charge on any atom is 0.246 e. The molecule has 1 aliphatic rings. The van der Waals surface area contributed by atoms with Crippen LogP contribution in [-0.4, -0.2) is 41.3 Å². The molecule has 2 heterocycles. The average Bonchev–Trinajstić information content (AvgIpc) is 2.93. The van der Waals surface area contributed by atoms with E-state index in [2.05, 4.69) is 10.3 Å². The minimum Gasteiger partial charge on any atom is -0.487 e. The molecule has 1 fully saturated rings. The molecule has 0 atom stereocenters. The summed E-state index contributed by atoms with van der Waals surface area (Å²) in [7, 11) is 0. The normalized spacial score (nSPS) is 14.1. The molecule has 2 amide bonds. The van der Waals surface area contributed by atoms with Crippen molar-refractivity contribution in [1.82, 2.24) is 15.2 Å². The zero-order valence-electron chi connectivity index (χ0n) is 20.1. The lowest BCUT2D eigenvalue weighted by Crippen LogP contribution is -2.42. The Morgan fingerprint density at radius 1 is 1.03 bits per heavy atom. The Balaban J connectivity index is 1.17. The molecule has 1 saturated heterocycles. The molecule has 7 heteroatoms. The van der Waals surface area contributed by atoms with Gasteiger partial charge in [-0.2, -0.15) is 0 Å². The lowest BCUT2D eigenvalue weighted by atomic mass is 9.95. The van der Waals surface area contributed by atoms with Crippen LogP contribution >= 0.6 is 0 Å². The number of hydrogen-bond acceptors (Lipinski definition) is 4. The summed E-state index contributed by atoms with van der Waals surface area (Å²) in [6.07, 6.45) is 6.78. The van der Waals surface area contributed by atoms with Gasteiger partial charge in [-0.15, -0.1) is 0 Å². The second-order valence-electron chi connectivity index (χ2n) is 8.74. The molecule has 1 aromatic heterocycles. The number of benzene rings is 2. The molecule has 3 aromatic rings. The summed E-state index contributed by atoms with van der Waals surface area (Å²) >= 11 is 0. The molecule has 0 unspecified atom stereocenters. The van der Waals surface area contributed by atoms with Gasteiger partial charge >= 0.3 is 0 Å². The van der Waals surface area contributed by atoms with Crippen LogP contribution in [0.1, 0.15) is 29.7 Å². The van der Waals surface area contributed by atoms with Crippen molar-refractivity contribution in [2.45, 2.75) is 25.9 Å². The van der Waals surface area contributed by atoms with Gasteiger partial charge in [0.2, 0.25) is 11.8 Å². The SMILES string of the molecule is O=C(NCCc1ccccc1F)C1CCN(C(=O)C=Cc2ccc(OCc3ccccn3)cc2)CC1. The number of pyridine rings is 1. The number of ether oxygens (including phenoxy) is 1. The number of piperidine rings is 1. The standard InChI is InChI=1S/C29H30FN3O3/c30-27-7-2-1-5-23(27)14-18-32-29(35)24-15-19-33(20-16-24)28(34)13-10-22-8-11-26(12-9-22)36-21-25-6-3-4-17-31-25/h1-13,17,24H,14-16,18-21H2,(H,32,35). The highest BCUT2D eigenvalue weighted by molar-refractivity contribution is 5.92. The first-order valence-corrected chi connectivity index (χ1v) is 12.2. The third-order valence-electron chi connectivity index (χ3n) is 6.24. The van der Waals surface area contributed by atoms with Crippen molar-refractivity contribution < 1.29 is 18.7 Å². The van der Waals surface area contributed by atoms with E-state index in [0.717, 1.165) is 17.0 Å². The van der Waals surface area contributed by atoms with Crippen LogP contribution < -0.4 is 10.1 Å². The van der Waals surface area contributed by atoms with E-state index in [1.165, 1.54) is 6.07 Å². The topological polar surface area (TPSA) is 71.5 Å². The Morgan fingerprint density at radius 2 is 1.78 bits per heavy atom. The van der Waals surface area contributed by atoms with E-state index in [1.807, 2.05) is 42.5 Å². The smallest absolute Gasteiger partial charge is 0.246 e. The van der Waals surface area contributed by atoms with Gasteiger partial charge < -0.3 is 15.0 Å². The van der Waals surface area contributed by atoms with Gasteiger partial charge in [-0.05, 0) is 66.8 Å². The number of nitrogens with zero attached hydrogens (tertiary/aromatic N) is 2. The quantitative estimate of drug-likeness (QED) is 0.454. The van der Waals surface area contributed by atoms with E-state index >= 15 is 0 Å². The minimum atomic E-state index is -0.253. The van der Waals surface area contributed by atoms with Crippen LogP contribution in [0.2, 0.25) is 0 Å². The first kappa shape index (κ1) is 25.1. The third-order valence-corrected chi connectivity index (χ3v) is 6.24. The maximum absolute atomic E-state index is 13.7. The molecule has 0 aliphatic carbocycles. The van der Waals surface area contributed by atoms with Gasteiger partial charge in [0.25, 0.3) is 0 Å². The van der Waals surface area contributed by atoms with E-state index in [9.17, 15) is 14.0 Å². The van der Waals surface area contributed by atoms with Crippen LogP contribution in [0.4, 0.5) is 4.39 Å². The number of likely N-dealkylation sites (tertiary alicyclic amines) is 1. The zero-order valence-corrected chi connectivity index (χ0v) is 20.1. The van der Waals surface area contributed by atoms with Crippen LogP contribution in [0.15, 0.2) is 79.0 Å². The maximum atomic E-state index is 13.7. The molecule has 4 rings (SSSR count). The molecule has 1 aliphatic heterocycles. The molecular weight excluding hydrogens is 457 g/mol. The molecular formula is C29H30FN3O3. The highest BCUT2D eigenvalue weighted by Gasteiger charge is 2.26. The van der Waals surface area contributed by atoms with E-state index < -0.39 is 0 Å². The molecule has 0 spiro atoms. The van der Waals surface area contributed by atoms with E-state index in [0.29, 0.717) is 51.1 Å². The summed E-state index contributed by atoms with van der Waals surface area (Å²) in [5, 5.41) is 2.90. The van der Waals surface area contributed by atoms with Gasteiger partial charge in [0.1, 0.15) is 18.2 Å². The second kappa shape index (κ2) is 12.6. The first-order valence-electron chi connectivity index (χ1n) is 12.2. The number of carbonyl (C=O) groups excluding carboxylic acids is 2. The van der Waals surface area contributed by atoms with Crippen LogP contribution in [0.3, 0.4) is 0 Å². The fourth-order valence-electron chi connectivity index (χ4n) is 4.12. The first-order chi connectivity index (χ1) is 17.6. The molecule has 36 heavy (non-hydrogen) atoms. The highest BCUT2D eigenvalue weighted by Crippen LogP contribution is 2.19. The van der Waals surface area contributed by atoms with Crippen molar-refractivity contribution in [3.63, 3.8) is 0 Å². The summed E-state index contributed by atoms with van der Waals surface area (Å²) in [4.78, 5) is 31.1. The summed E-state index contributed by atoms with van der Waals surface area (Å²) in [5.74, 6) is 0.260. The van der Waals surface area contributed by atoms with Crippen molar-refractivity contribution in [3.8, 4) is 5.75 Å². The summed E-state index contributed by atoms with van der Waals surface area (Å²) in [6.45, 7) is 1.87. The van der Waals surface area contributed by atoms with Crippen molar-refractivity contribution >= 4 is 17.9 Å². The second-order valence-corrected chi connectivity index (χ2v) is 8.74. The monoisotopic (exact) mass is 487 g/mol. The van der Waals surface area contributed by atoms with E-state index in [-0.39, 0.29) is 23.5 Å². The molecule has 1 N–H and O–H groups in total. The number of hydrogen-bond donors (Lipinski definition) is 1. The Bertz CT molecular complexity index is 1170. The number of nitrogens with one attached hydrogen (secondary N) is 1. The van der Waals surface area contributed by atoms with Crippen LogP contribution in [0.25, 0.3) is 6.08 Å². The summed E-state index contributed by atoms with van der Waals surface area (Å²) < 4.78 is 19.4. The molecule has 6 nitrogen and oxygen atoms in total. The van der Waals surface area contributed by atoms with Crippen molar-refractivity contribution in [2.24, 2.45) is 5.92 Å². The van der Waals surface area contributed by atoms with E-state index in [4.69, 9.17) is 4.74 Å². The summed E-state index contributed by atoms with van der Waals surface area (Å²) in [6, 6.07) is 19.8. The predicted octanol–water partition coefficient (Wildman–Crippen LogP) is 4.41. The summed E-state index contributed by atoms with van der Waals surface area (Å²) in [5.41, 5.74) is 2.35. The van der Waals surface area contributed by atoms with E-state index in [1.54, 1.807) is 41.4 Å². The third kappa shape index (κ3) is 7.25. The van der Waals surface area contributed by atoms with Crippen molar-refractivity contribution in [1.29, 1.82) is 0 Å². The van der Waals surface area contributed by atoms with Crippen LogP contribution in [0, 0.1) is 11.7 Å². The minimum absolute atomic E-state index is 0.0284. The molecule has 186 valence electrons. The Labute approximate surface area is 210 Å². The Kier molecular flexibility index (Phi) is 8.81. The van der Waals surface area contributed by atoms with Gasteiger partial charge in [0, 0.05) is 37.8 Å². The number of aromatic nitrogens is 1. The fraction of sp³-hybridized carbons (Fsp3) is 0.276. The molecule has 0 bridgehead atoms. The zero-order chi connectivity index (χ0) is 25.2. The predicted molar refractivity (Wildman–Crippen MR) is 136 cm³/mol. The van der Waals surface area contributed by atoms with Crippen molar-refractivity contribution in [2.75, 3.05) is 19.6 Å². The van der Waals surface area contributed by atoms with Gasteiger partial charge in [0.15, 0.2) is 0 Å². The average molecular weight is 488 g/mol. The van der Waals surface area contributed by atoms with Crippen LogP contribution in [-0.2, 0) is 22.6 Å².